The van der Waals surface area contributed by atoms with Crippen molar-refractivity contribution in [3.05, 3.63) is 35.4 Å². The Labute approximate surface area is 118 Å². The van der Waals surface area contributed by atoms with Crippen LogP contribution < -0.4 is 5.73 Å². The number of hydrogen-bond donors (Lipinski definition) is 1. The quantitative estimate of drug-likeness (QED) is 0.734. The first-order chi connectivity index (χ1) is 9.42. The minimum atomic E-state index is -4.11. The number of rotatable bonds is 8. The fraction of sp³-hybridized carbons (Fsp3) is 0.600. The van der Waals surface area contributed by atoms with Crippen molar-refractivity contribution in [1.82, 2.24) is 0 Å². The van der Waals surface area contributed by atoms with E-state index in [9.17, 15) is 13.2 Å². The molecule has 2 nitrogen and oxygen atoms in total. The summed E-state index contributed by atoms with van der Waals surface area (Å²) in [6, 6.07) is 7.67. The summed E-state index contributed by atoms with van der Waals surface area (Å²) in [7, 11) is 0. The van der Waals surface area contributed by atoms with Crippen molar-refractivity contribution in [1.29, 1.82) is 0 Å². The molecule has 5 heteroatoms. The van der Waals surface area contributed by atoms with Gasteiger partial charge in [-0.1, -0.05) is 37.6 Å². The van der Waals surface area contributed by atoms with E-state index in [-0.39, 0.29) is 25.7 Å². The average Bonchev–Trinajstić information content (AvgIpc) is 2.38. The zero-order valence-electron chi connectivity index (χ0n) is 11.7. The zero-order chi connectivity index (χ0) is 15.0. The highest BCUT2D eigenvalue weighted by Gasteiger charge is 2.25. The van der Waals surface area contributed by atoms with Crippen molar-refractivity contribution in [3.8, 4) is 0 Å². The SMILES string of the molecule is CCCc1ccc(C(N)COCCCC(F)(F)F)cc1. The average molecular weight is 289 g/mol. The Morgan fingerprint density at radius 1 is 1.20 bits per heavy atom. The lowest BCUT2D eigenvalue weighted by molar-refractivity contribution is -0.137. The molecule has 1 atom stereocenters. The maximum absolute atomic E-state index is 11.9. The van der Waals surface area contributed by atoms with E-state index in [4.69, 9.17) is 10.5 Å². The van der Waals surface area contributed by atoms with Gasteiger partial charge in [0.2, 0.25) is 0 Å². The normalized spacial score (nSPS) is 13.4. The van der Waals surface area contributed by atoms with Crippen LogP contribution >= 0.6 is 0 Å². The Hall–Kier alpha value is -1.07. The summed E-state index contributed by atoms with van der Waals surface area (Å²) in [5, 5.41) is 0. The van der Waals surface area contributed by atoms with Gasteiger partial charge in [0, 0.05) is 13.0 Å². The van der Waals surface area contributed by atoms with Gasteiger partial charge >= 0.3 is 6.18 Å². The molecule has 1 rings (SSSR count). The molecule has 0 saturated heterocycles. The van der Waals surface area contributed by atoms with Gasteiger partial charge in [-0.3, -0.25) is 0 Å². The fourth-order valence-electron chi connectivity index (χ4n) is 1.90. The van der Waals surface area contributed by atoms with Gasteiger partial charge in [0.15, 0.2) is 0 Å². The third kappa shape index (κ3) is 6.91. The van der Waals surface area contributed by atoms with Crippen LogP contribution in [0.15, 0.2) is 24.3 Å². The predicted octanol–water partition coefficient (Wildman–Crippen LogP) is 4.00. The summed E-state index contributed by atoms with van der Waals surface area (Å²) < 4.78 is 41.0. The molecular formula is C15H22F3NO. The maximum atomic E-state index is 11.9. The van der Waals surface area contributed by atoms with Gasteiger partial charge < -0.3 is 10.5 Å². The van der Waals surface area contributed by atoms with E-state index in [1.165, 1.54) is 5.56 Å². The van der Waals surface area contributed by atoms with Gasteiger partial charge in [0.25, 0.3) is 0 Å². The molecule has 0 fully saturated rings. The summed E-state index contributed by atoms with van der Waals surface area (Å²) in [5.74, 6) is 0. The van der Waals surface area contributed by atoms with Crippen LogP contribution in [-0.4, -0.2) is 19.4 Å². The molecule has 0 saturated carbocycles. The molecule has 0 radical (unpaired) electrons. The molecular weight excluding hydrogens is 267 g/mol. The van der Waals surface area contributed by atoms with Gasteiger partial charge in [0.1, 0.15) is 0 Å². The van der Waals surface area contributed by atoms with Crippen molar-refractivity contribution in [3.63, 3.8) is 0 Å². The first-order valence-corrected chi connectivity index (χ1v) is 6.91. The number of halogens is 3. The molecule has 2 N–H and O–H groups in total. The lowest BCUT2D eigenvalue weighted by atomic mass is 10.0. The number of benzene rings is 1. The minimum absolute atomic E-state index is 0.0222. The van der Waals surface area contributed by atoms with Crippen molar-refractivity contribution in [2.45, 2.75) is 44.8 Å². The van der Waals surface area contributed by atoms with Gasteiger partial charge in [-0.05, 0) is 24.0 Å². The van der Waals surface area contributed by atoms with Crippen molar-refractivity contribution >= 4 is 0 Å². The highest BCUT2D eigenvalue weighted by Crippen LogP contribution is 2.21. The van der Waals surface area contributed by atoms with E-state index in [0.29, 0.717) is 0 Å². The van der Waals surface area contributed by atoms with Crippen LogP contribution in [0.25, 0.3) is 0 Å². The maximum Gasteiger partial charge on any atom is 0.389 e. The van der Waals surface area contributed by atoms with Crippen molar-refractivity contribution < 1.29 is 17.9 Å². The molecule has 1 aromatic rings. The molecule has 0 bridgehead atoms. The first kappa shape index (κ1) is 17.0. The van der Waals surface area contributed by atoms with Crippen LogP contribution in [0.4, 0.5) is 13.2 Å². The second kappa shape index (κ2) is 8.27. The van der Waals surface area contributed by atoms with E-state index < -0.39 is 12.6 Å². The van der Waals surface area contributed by atoms with Crippen molar-refractivity contribution in [2.24, 2.45) is 5.73 Å². The topological polar surface area (TPSA) is 35.2 Å². The number of nitrogens with two attached hydrogens (primary N) is 1. The molecule has 1 aromatic carbocycles. The van der Waals surface area contributed by atoms with Crippen LogP contribution in [0.2, 0.25) is 0 Å². The van der Waals surface area contributed by atoms with E-state index in [2.05, 4.69) is 6.92 Å². The number of hydrogen-bond acceptors (Lipinski definition) is 2. The Morgan fingerprint density at radius 3 is 2.40 bits per heavy atom. The van der Waals surface area contributed by atoms with E-state index in [1.807, 2.05) is 24.3 Å². The molecule has 0 aliphatic rings. The van der Waals surface area contributed by atoms with Gasteiger partial charge in [-0.2, -0.15) is 13.2 Å². The molecule has 0 aliphatic heterocycles. The lowest BCUT2D eigenvalue weighted by Gasteiger charge is -2.13. The molecule has 1 unspecified atom stereocenters. The van der Waals surface area contributed by atoms with Crippen LogP contribution in [0, 0.1) is 0 Å². The Bertz CT molecular complexity index is 376. The molecule has 0 heterocycles. The highest BCUT2D eigenvalue weighted by molar-refractivity contribution is 5.24. The first-order valence-electron chi connectivity index (χ1n) is 6.91. The molecule has 20 heavy (non-hydrogen) atoms. The number of alkyl halides is 3. The van der Waals surface area contributed by atoms with Crippen LogP contribution in [0.5, 0.6) is 0 Å². The second-order valence-electron chi connectivity index (χ2n) is 4.89. The fourth-order valence-corrected chi connectivity index (χ4v) is 1.90. The summed E-state index contributed by atoms with van der Waals surface area (Å²) in [6.45, 7) is 2.44. The molecule has 0 spiro atoms. The van der Waals surface area contributed by atoms with Crippen LogP contribution in [-0.2, 0) is 11.2 Å². The third-order valence-electron chi connectivity index (χ3n) is 2.99. The van der Waals surface area contributed by atoms with Crippen LogP contribution in [0.3, 0.4) is 0 Å². The lowest BCUT2D eigenvalue weighted by Crippen LogP contribution is -2.18. The van der Waals surface area contributed by atoms with Gasteiger partial charge in [-0.25, -0.2) is 0 Å². The number of ether oxygens (including phenoxy) is 1. The monoisotopic (exact) mass is 289 g/mol. The smallest absolute Gasteiger partial charge is 0.379 e. The van der Waals surface area contributed by atoms with Gasteiger partial charge in [0.05, 0.1) is 12.6 Å². The highest BCUT2D eigenvalue weighted by atomic mass is 19.4. The second-order valence-corrected chi connectivity index (χ2v) is 4.89. The van der Waals surface area contributed by atoms with Crippen LogP contribution in [0.1, 0.15) is 43.4 Å². The zero-order valence-corrected chi connectivity index (χ0v) is 11.7. The standard InChI is InChI=1S/C15H22F3NO/c1-2-4-12-5-7-13(8-6-12)14(19)11-20-10-3-9-15(16,17)18/h5-8,14H,2-4,9-11,19H2,1H3. The Kier molecular flexibility index (Phi) is 7.02. The predicted molar refractivity (Wildman–Crippen MR) is 73.5 cm³/mol. The molecule has 0 amide bonds. The van der Waals surface area contributed by atoms with Crippen molar-refractivity contribution in [2.75, 3.05) is 13.2 Å². The Morgan fingerprint density at radius 2 is 1.85 bits per heavy atom. The largest absolute Gasteiger partial charge is 0.389 e. The Balaban J connectivity index is 2.26. The third-order valence-corrected chi connectivity index (χ3v) is 2.99. The van der Waals surface area contributed by atoms with Gasteiger partial charge in [-0.15, -0.1) is 0 Å². The van der Waals surface area contributed by atoms with E-state index >= 15 is 0 Å². The summed E-state index contributed by atoms with van der Waals surface area (Å²) in [6.07, 6.45) is -2.82. The number of aryl methyl sites for hydroxylation is 1. The summed E-state index contributed by atoms with van der Waals surface area (Å²) >= 11 is 0. The van der Waals surface area contributed by atoms with E-state index in [0.717, 1.165) is 18.4 Å². The minimum Gasteiger partial charge on any atom is -0.379 e. The summed E-state index contributed by atoms with van der Waals surface area (Å²) in [5.41, 5.74) is 8.14. The molecule has 0 aliphatic carbocycles. The molecule has 0 aromatic heterocycles. The molecule has 114 valence electrons. The summed E-state index contributed by atoms with van der Waals surface area (Å²) in [4.78, 5) is 0. The van der Waals surface area contributed by atoms with E-state index in [1.54, 1.807) is 0 Å².